The first-order valence-electron chi connectivity index (χ1n) is 5.34. The van der Waals surface area contributed by atoms with Crippen LogP contribution in [0.4, 0.5) is 5.82 Å². The van der Waals surface area contributed by atoms with Crippen LogP contribution in [0.2, 0.25) is 0 Å². The Kier molecular flexibility index (Phi) is 4.40. The largest absolute Gasteiger partial charge is 0.358 e. The minimum Gasteiger partial charge on any atom is -0.358 e. The van der Waals surface area contributed by atoms with Crippen molar-refractivity contribution in [1.82, 2.24) is 15.5 Å². The van der Waals surface area contributed by atoms with E-state index in [-0.39, 0.29) is 12.5 Å². The second kappa shape index (κ2) is 5.80. The van der Waals surface area contributed by atoms with Crippen molar-refractivity contribution >= 4 is 11.7 Å². The standard InChI is InChI=1S/C11H15N5O/c1-4-13-10(17)6-14-11-9(5-12)7(2)8(3)15-16-11/h4,6H2,1-3H3,(H,13,17)(H,14,16). The zero-order valence-corrected chi connectivity index (χ0v) is 10.2. The summed E-state index contributed by atoms with van der Waals surface area (Å²) in [6.45, 7) is 6.09. The minimum absolute atomic E-state index is 0.0830. The summed E-state index contributed by atoms with van der Waals surface area (Å²) < 4.78 is 0. The van der Waals surface area contributed by atoms with E-state index in [2.05, 4.69) is 26.9 Å². The van der Waals surface area contributed by atoms with Crippen molar-refractivity contribution < 1.29 is 4.79 Å². The Morgan fingerprint density at radius 1 is 1.41 bits per heavy atom. The molecular weight excluding hydrogens is 218 g/mol. The molecule has 0 atom stereocenters. The van der Waals surface area contributed by atoms with Gasteiger partial charge in [0.05, 0.1) is 12.2 Å². The third-order valence-corrected chi connectivity index (χ3v) is 2.36. The van der Waals surface area contributed by atoms with Crippen molar-refractivity contribution in [3.8, 4) is 6.07 Å². The summed E-state index contributed by atoms with van der Waals surface area (Å²) >= 11 is 0. The van der Waals surface area contributed by atoms with E-state index in [1.165, 1.54) is 0 Å². The number of nitriles is 1. The van der Waals surface area contributed by atoms with Gasteiger partial charge in [-0.25, -0.2) is 0 Å². The van der Waals surface area contributed by atoms with E-state index < -0.39 is 0 Å². The molecule has 17 heavy (non-hydrogen) atoms. The maximum Gasteiger partial charge on any atom is 0.239 e. The quantitative estimate of drug-likeness (QED) is 0.790. The lowest BCUT2D eigenvalue weighted by atomic mass is 10.1. The SMILES string of the molecule is CCNC(=O)CNc1nnc(C)c(C)c1C#N. The highest BCUT2D eigenvalue weighted by atomic mass is 16.1. The molecule has 2 N–H and O–H groups in total. The van der Waals surface area contributed by atoms with Crippen LogP contribution in [-0.4, -0.2) is 29.2 Å². The molecule has 0 saturated carbocycles. The van der Waals surface area contributed by atoms with Crippen LogP contribution in [0.5, 0.6) is 0 Å². The van der Waals surface area contributed by atoms with Crippen LogP contribution < -0.4 is 10.6 Å². The van der Waals surface area contributed by atoms with Crippen molar-refractivity contribution in [1.29, 1.82) is 5.26 Å². The fourth-order valence-corrected chi connectivity index (χ4v) is 1.29. The molecular formula is C11H15N5O. The van der Waals surface area contributed by atoms with Crippen LogP contribution >= 0.6 is 0 Å². The highest BCUT2D eigenvalue weighted by molar-refractivity contribution is 5.80. The predicted molar refractivity (Wildman–Crippen MR) is 63.4 cm³/mol. The number of hydrogen-bond donors (Lipinski definition) is 2. The van der Waals surface area contributed by atoms with Gasteiger partial charge in [0.1, 0.15) is 11.6 Å². The Morgan fingerprint density at radius 2 is 2.12 bits per heavy atom. The number of carbonyl (C=O) groups is 1. The molecule has 0 aliphatic heterocycles. The smallest absolute Gasteiger partial charge is 0.239 e. The molecule has 6 heteroatoms. The lowest BCUT2D eigenvalue weighted by Crippen LogP contribution is -2.30. The van der Waals surface area contributed by atoms with Crippen molar-refractivity contribution in [2.45, 2.75) is 20.8 Å². The van der Waals surface area contributed by atoms with Crippen molar-refractivity contribution in [3.05, 3.63) is 16.8 Å². The van der Waals surface area contributed by atoms with Crippen molar-refractivity contribution in [2.24, 2.45) is 0 Å². The number of anilines is 1. The molecule has 0 unspecified atom stereocenters. The van der Waals surface area contributed by atoms with E-state index in [9.17, 15) is 4.79 Å². The van der Waals surface area contributed by atoms with Crippen molar-refractivity contribution in [2.75, 3.05) is 18.4 Å². The van der Waals surface area contributed by atoms with Gasteiger partial charge in [0.2, 0.25) is 5.91 Å². The first-order valence-corrected chi connectivity index (χ1v) is 5.34. The number of nitrogens with zero attached hydrogens (tertiary/aromatic N) is 3. The summed E-state index contributed by atoms with van der Waals surface area (Å²) in [6.07, 6.45) is 0. The van der Waals surface area contributed by atoms with E-state index in [4.69, 9.17) is 5.26 Å². The van der Waals surface area contributed by atoms with Crippen LogP contribution in [-0.2, 0) is 4.79 Å². The fraction of sp³-hybridized carbons (Fsp3) is 0.455. The summed E-state index contributed by atoms with van der Waals surface area (Å²) in [4.78, 5) is 11.3. The molecule has 0 spiro atoms. The summed E-state index contributed by atoms with van der Waals surface area (Å²) in [5, 5.41) is 22.3. The number of aromatic nitrogens is 2. The Hall–Kier alpha value is -2.16. The van der Waals surface area contributed by atoms with E-state index in [0.717, 1.165) is 5.56 Å². The van der Waals surface area contributed by atoms with Gasteiger partial charge in [-0.3, -0.25) is 4.79 Å². The van der Waals surface area contributed by atoms with E-state index in [1.54, 1.807) is 13.8 Å². The first kappa shape index (κ1) is 12.9. The zero-order valence-electron chi connectivity index (χ0n) is 10.2. The Bertz CT molecular complexity index is 464. The molecule has 0 radical (unpaired) electrons. The topological polar surface area (TPSA) is 90.7 Å². The summed E-state index contributed by atoms with van der Waals surface area (Å²) in [6, 6.07) is 2.06. The number of hydrogen-bond acceptors (Lipinski definition) is 5. The number of nitrogens with one attached hydrogen (secondary N) is 2. The molecule has 1 aromatic heterocycles. The highest BCUT2D eigenvalue weighted by Gasteiger charge is 2.11. The molecule has 1 heterocycles. The van der Waals surface area contributed by atoms with Gasteiger partial charge in [-0.2, -0.15) is 10.4 Å². The number of amides is 1. The van der Waals surface area contributed by atoms with Crippen LogP contribution in [0.15, 0.2) is 0 Å². The normalized spacial score (nSPS) is 9.53. The molecule has 0 aliphatic rings. The molecule has 0 aromatic carbocycles. The summed E-state index contributed by atoms with van der Waals surface area (Å²) in [5.41, 5.74) is 1.92. The van der Waals surface area contributed by atoms with Gasteiger partial charge in [-0.1, -0.05) is 0 Å². The summed E-state index contributed by atoms with van der Waals surface area (Å²) in [7, 11) is 0. The van der Waals surface area contributed by atoms with Gasteiger partial charge in [0.25, 0.3) is 0 Å². The van der Waals surface area contributed by atoms with E-state index in [1.807, 2.05) is 6.92 Å². The van der Waals surface area contributed by atoms with Crippen LogP contribution in [0.1, 0.15) is 23.7 Å². The van der Waals surface area contributed by atoms with Gasteiger partial charge in [0.15, 0.2) is 5.82 Å². The second-order valence-electron chi connectivity index (χ2n) is 3.55. The van der Waals surface area contributed by atoms with E-state index in [0.29, 0.717) is 23.6 Å². The van der Waals surface area contributed by atoms with E-state index >= 15 is 0 Å². The Labute approximate surface area is 100 Å². The Morgan fingerprint density at radius 3 is 2.71 bits per heavy atom. The highest BCUT2D eigenvalue weighted by Crippen LogP contribution is 2.16. The maximum atomic E-state index is 11.3. The van der Waals surface area contributed by atoms with Crippen LogP contribution in [0.25, 0.3) is 0 Å². The Balaban J connectivity index is 2.82. The average molecular weight is 233 g/mol. The van der Waals surface area contributed by atoms with Gasteiger partial charge in [0, 0.05) is 6.54 Å². The first-order chi connectivity index (χ1) is 8.10. The van der Waals surface area contributed by atoms with Gasteiger partial charge < -0.3 is 10.6 Å². The number of carbonyl (C=O) groups excluding carboxylic acids is 1. The average Bonchev–Trinajstić information content (AvgIpc) is 2.31. The van der Waals surface area contributed by atoms with Crippen molar-refractivity contribution in [3.63, 3.8) is 0 Å². The van der Waals surface area contributed by atoms with Crippen LogP contribution in [0.3, 0.4) is 0 Å². The summed E-state index contributed by atoms with van der Waals surface area (Å²) in [5.74, 6) is 0.207. The predicted octanol–water partition coefficient (Wildman–Crippen LogP) is 0.513. The molecule has 90 valence electrons. The molecule has 0 saturated heterocycles. The number of aryl methyl sites for hydroxylation is 1. The molecule has 1 rings (SSSR count). The lowest BCUT2D eigenvalue weighted by molar-refractivity contribution is -0.119. The molecule has 0 bridgehead atoms. The number of rotatable bonds is 4. The van der Waals surface area contributed by atoms with Crippen LogP contribution in [0, 0.1) is 25.2 Å². The minimum atomic E-state index is -0.142. The maximum absolute atomic E-state index is 11.3. The monoisotopic (exact) mass is 233 g/mol. The fourth-order valence-electron chi connectivity index (χ4n) is 1.29. The molecule has 6 nitrogen and oxygen atoms in total. The molecule has 0 aliphatic carbocycles. The van der Waals surface area contributed by atoms with Gasteiger partial charge in [-0.05, 0) is 26.3 Å². The number of likely N-dealkylation sites (N-methyl/N-ethyl adjacent to an activating group) is 1. The van der Waals surface area contributed by atoms with Gasteiger partial charge in [-0.15, -0.1) is 5.10 Å². The zero-order chi connectivity index (χ0) is 12.8. The third-order valence-electron chi connectivity index (χ3n) is 2.36. The molecule has 1 amide bonds. The lowest BCUT2D eigenvalue weighted by Gasteiger charge is -2.09. The second-order valence-corrected chi connectivity index (χ2v) is 3.55. The molecule has 1 aromatic rings. The van der Waals surface area contributed by atoms with Gasteiger partial charge >= 0.3 is 0 Å². The molecule has 0 fully saturated rings. The third kappa shape index (κ3) is 3.14.